The first kappa shape index (κ1) is 22.8. The Balaban J connectivity index is 1.64. The first-order valence-corrected chi connectivity index (χ1v) is 12.0. The highest BCUT2D eigenvalue weighted by molar-refractivity contribution is 7.91. The van der Waals surface area contributed by atoms with E-state index < -0.39 is 10.0 Å². The molecule has 31 heavy (non-hydrogen) atoms. The van der Waals surface area contributed by atoms with E-state index in [1.807, 2.05) is 0 Å². The third-order valence-corrected chi connectivity index (χ3v) is 7.17. The van der Waals surface area contributed by atoms with Gasteiger partial charge in [0.1, 0.15) is 10.8 Å². The normalized spacial score (nSPS) is 12.1. The number of hydrazone groups is 1. The van der Waals surface area contributed by atoms with Crippen molar-refractivity contribution >= 4 is 27.6 Å². The van der Waals surface area contributed by atoms with E-state index in [9.17, 15) is 8.42 Å². The summed E-state index contributed by atoms with van der Waals surface area (Å²) in [6.45, 7) is 6.96. The molecule has 1 aromatic heterocycles. The molecule has 1 heterocycles. The number of nitrogens with one attached hydrogen (secondary N) is 1. The van der Waals surface area contributed by atoms with Gasteiger partial charge in [0.2, 0.25) is 0 Å². The van der Waals surface area contributed by atoms with Crippen molar-refractivity contribution in [2.45, 2.75) is 37.0 Å². The Bertz CT molecular complexity index is 1130. The van der Waals surface area contributed by atoms with Crippen LogP contribution in [0.5, 0.6) is 11.5 Å². The maximum absolute atomic E-state index is 12.1. The van der Waals surface area contributed by atoms with Crippen molar-refractivity contribution in [3.63, 3.8) is 0 Å². The molecule has 6 nitrogen and oxygen atoms in total. The zero-order valence-corrected chi connectivity index (χ0v) is 19.6. The lowest BCUT2D eigenvalue weighted by atomic mass is 9.87. The van der Waals surface area contributed by atoms with E-state index in [1.54, 1.807) is 36.8 Å². The molecule has 3 rings (SSSR count). The molecule has 0 saturated heterocycles. The summed E-state index contributed by atoms with van der Waals surface area (Å²) in [4.78, 5) is 2.20. The summed E-state index contributed by atoms with van der Waals surface area (Å²) in [5.41, 5.74) is 3.11. The molecule has 0 aliphatic rings. The molecule has 2 aromatic carbocycles. The molecule has 3 aromatic rings. The van der Waals surface area contributed by atoms with Crippen molar-refractivity contribution < 1.29 is 17.9 Å². The third-order valence-electron chi connectivity index (χ3n) is 4.55. The van der Waals surface area contributed by atoms with Crippen molar-refractivity contribution in [2.24, 2.45) is 5.10 Å². The van der Waals surface area contributed by atoms with Crippen LogP contribution in [-0.2, 0) is 22.0 Å². The zero-order valence-electron chi connectivity index (χ0n) is 18.0. The monoisotopic (exact) mass is 458 g/mol. The highest BCUT2D eigenvalue weighted by atomic mass is 32.2. The summed E-state index contributed by atoms with van der Waals surface area (Å²) >= 11 is 1.13. The fourth-order valence-corrected chi connectivity index (χ4v) is 4.55. The smallest absolute Gasteiger partial charge is 0.286 e. The number of methoxy groups -OCH3 is 1. The van der Waals surface area contributed by atoms with Gasteiger partial charge in [0.25, 0.3) is 10.0 Å². The Morgan fingerprint density at radius 2 is 1.81 bits per heavy atom. The van der Waals surface area contributed by atoms with Crippen LogP contribution >= 0.6 is 11.3 Å². The second kappa shape index (κ2) is 9.53. The predicted octanol–water partition coefficient (Wildman–Crippen LogP) is 4.95. The number of sulfonamides is 1. The third kappa shape index (κ3) is 6.08. The molecule has 0 saturated carbocycles. The van der Waals surface area contributed by atoms with Gasteiger partial charge < -0.3 is 9.47 Å². The molecule has 0 aliphatic heterocycles. The van der Waals surface area contributed by atoms with Crippen molar-refractivity contribution in [1.82, 2.24) is 4.83 Å². The molecule has 8 heteroatoms. The second-order valence-corrected chi connectivity index (χ2v) is 10.8. The van der Waals surface area contributed by atoms with Gasteiger partial charge in [0.05, 0.1) is 13.3 Å². The molecular weight excluding hydrogens is 432 g/mol. The van der Waals surface area contributed by atoms with E-state index in [0.29, 0.717) is 23.7 Å². The molecule has 0 amide bonds. The summed E-state index contributed by atoms with van der Waals surface area (Å²) in [6, 6.07) is 16.9. The highest BCUT2D eigenvalue weighted by Gasteiger charge is 2.14. The molecule has 0 spiro atoms. The number of hydrogen-bond donors (Lipinski definition) is 1. The van der Waals surface area contributed by atoms with Crippen LogP contribution in [0.1, 0.15) is 37.5 Å². The SMILES string of the molecule is COc1cc(/C=N/NS(=O)(=O)c2cccs2)ccc1OCc1ccc(C(C)(C)C)cc1. The standard InChI is InChI=1S/C23H26N2O4S2/c1-23(2,3)19-10-7-17(8-11-19)16-29-20-12-9-18(14-21(20)28-4)15-24-25-31(26,27)22-6-5-13-30-22/h5-15,25H,16H2,1-4H3/b24-15+. The first-order chi connectivity index (χ1) is 14.7. The predicted molar refractivity (Wildman–Crippen MR) is 125 cm³/mol. The number of rotatable bonds is 8. The zero-order chi connectivity index (χ0) is 22.5. The second-order valence-electron chi connectivity index (χ2n) is 7.93. The van der Waals surface area contributed by atoms with E-state index in [-0.39, 0.29) is 9.62 Å². The van der Waals surface area contributed by atoms with E-state index >= 15 is 0 Å². The number of benzene rings is 2. The van der Waals surface area contributed by atoms with Crippen molar-refractivity contribution in [2.75, 3.05) is 7.11 Å². The summed E-state index contributed by atoms with van der Waals surface area (Å²) in [5.74, 6) is 1.13. The maximum Gasteiger partial charge on any atom is 0.286 e. The Hall–Kier alpha value is -2.84. The van der Waals surface area contributed by atoms with Gasteiger partial charge in [-0.15, -0.1) is 11.3 Å². The molecule has 1 N–H and O–H groups in total. The lowest BCUT2D eigenvalue weighted by Crippen LogP contribution is -2.17. The lowest BCUT2D eigenvalue weighted by Gasteiger charge is -2.19. The van der Waals surface area contributed by atoms with E-state index in [4.69, 9.17) is 9.47 Å². The molecule has 164 valence electrons. The first-order valence-electron chi connectivity index (χ1n) is 9.68. The van der Waals surface area contributed by atoms with Gasteiger partial charge in [-0.05, 0) is 51.8 Å². The van der Waals surface area contributed by atoms with Crippen molar-refractivity contribution in [3.8, 4) is 11.5 Å². The van der Waals surface area contributed by atoms with E-state index in [1.165, 1.54) is 17.8 Å². The summed E-state index contributed by atoms with van der Waals surface area (Å²) in [5, 5.41) is 5.54. The molecule has 0 bridgehead atoms. The number of nitrogens with zero attached hydrogens (tertiary/aromatic N) is 1. The Kier molecular flexibility index (Phi) is 7.02. The molecule has 0 atom stereocenters. The largest absolute Gasteiger partial charge is 0.493 e. The number of thiophene rings is 1. The minimum atomic E-state index is -3.65. The fourth-order valence-electron chi connectivity index (χ4n) is 2.78. The van der Waals surface area contributed by atoms with Gasteiger partial charge in [-0.3, -0.25) is 0 Å². The number of ether oxygens (including phenoxy) is 2. The Labute approximate surface area is 187 Å². The minimum Gasteiger partial charge on any atom is -0.493 e. The van der Waals surface area contributed by atoms with Crippen molar-refractivity contribution in [1.29, 1.82) is 0 Å². The van der Waals surface area contributed by atoms with Gasteiger partial charge in [0.15, 0.2) is 11.5 Å². The van der Waals surface area contributed by atoms with Crippen LogP contribution in [-0.4, -0.2) is 21.7 Å². The van der Waals surface area contributed by atoms with Gasteiger partial charge in [-0.1, -0.05) is 51.1 Å². The van der Waals surface area contributed by atoms with Crippen LogP contribution in [0.2, 0.25) is 0 Å². The molecular formula is C23H26N2O4S2. The van der Waals surface area contributed by atoms with Crippen LogP contribution in [0, 0.1) is 0 Å². The molecule has 0 unspecified atom stereocenters. The van der Waals surface area contributed by atoms with Crippen LogP contribution in [0.4, 0.5) is 0 Å². The van der Waals surface area contributed by atoms with E-state index in [2.05, 4.69) is 55.0 Å². The van der Waals surface area contributed by atoms with Gasteiger partial charge >= 0.3 is 0 Å². The Morgan fingerprint density at radius 3 is 2.42 bits per heavy atom. The lowest BCUT2D eigenvalue weighted by molar-refractivity contribution is 0.284. The van der Waals surface area contributed by atoms with Crippen LogP contribution < -0.4 is 14.3 Å². The van der Waals surface area contributed by atoms with Crippen molar-refractivity contribution in [3.05, 3.63) is 76.7 Å². The summed E-state index contributed by atoms with van der Waals surface area (Å²) in [6.07, 6.45) is 1.42. The average Bonchev–Trinajstić information content (AvgIpc) is 3.28. The highest BCUT2D eigenvalue weighted by Crippen LogP contribution is 2.29. The Morgan fingerprint density at radius 1 is 1.06 bits per heavy atom. The molecule has 0 aliphatic carbocycles. The molecule has 0 radical (unpaired) electrons. The summed E-state index contributed by atoms with van der Waals surface area (Å²) < 4.78 is 35.7. The van der Waals surface area contributed by atoms with Crippen LogP contribution in [0.15, 0.2) is 69.3 Å². The minimum absolute atomic E-state index is 0.109. The van der Waals surface area contributed by atoms with E-state index in [0.717, 1.165) is 16.9 Å². The number of hydrogen-bond acceptors (Lipinski definition) is 6. The van der Waals surface area contributed by atoms with Gasteiger partial charge in [0, 0.05) is 0 Å². The topological polar surface area (TPSA) is 77.0 Å². The van der Waals surface area contributed by atoms with Crippen LogP contribution in [0.25, 0.3) is 0 Å². The van der Waals surface area contributed by atoms with Gasteiger partial charge in [-0.25, -0.2) is 0 Å². The maximum atomic E-state index is 12.1. The fraction of sp³-hybridized carbons (Fsp3) is 0.261. The van der Waals surface area contributed by atoms with Gasteiger partial charge in [-0.2, -0.15) is 18.4 Å². The average molecular weight is 459 g/mol. The summed E-state index contributed by atoms with van der Waals surface area (Å²) in [7, 11) is -2.09. The van der Waals surface area contributed by atoms with Crippen LogP contribution in [0.3, 0.4) is 0 Å². The quantitative estimate of drug-likeness (QED) is 0.383. The molecule has 0 fully saturated rings.